The summed E-state index contributed by atoms with van der Waals surface area (Å²) in [5.41, 5.74) is 8.29. The molecule has 3 aromatic rings. The smallest absolute Gasteiger partial charge is 0.224 e. The Hall–Kier alpha value is -2.83. The number of nitrogens with two attached hydrogens (primary N) is 1. The molecule has 112 valence electrons. The van der Waals surface area contributed by atoms with Gasteiger partial charge in [0.05, 0.1) is 19.4 Å². The second-order valence-corrected chi connectivity index (χ2v) is 5.42. The van der Waals surface area contributed by atoms with Gasteiger partial charge in [0.1, 0.15) is 11.9 Å². The van der Waals surface area contributed by atoms with Crippen molar-refractivity contribution in [2.24, 2.45) is 0 Å². The summed E-state index contributed by atoms with van der Waals surface area (Å²) in [6, 6.07) is 8.03. The second-order valence-electron chi connectivity index (χ2n) is 5.42. The minimum Gasteiger partial charge on any atom is -0.486 e. The molecular weight excluding hydrogens is 280 g/mol. The van der Waals surface area contributed by atoms with Gasteiger partial charge in [0.15, 0.2) is 17.0 Å². The zero-order valence-electron chi connectivity index (χ0n) is 12.2. The third kappa shape index (κ3) is 2.11. The predicted octanol–water partition coefficient (Wildman–Crippen LogP) is 1.51. The molecule has 1 fully saturated rings. The Morgan fingerprint density at radius 3 is 2.91 bits per heavy atom. The lowest BCUT2D eigenvalue weighted by Gasteiger charge is -2.40. The number of aromatic nitrogens is 4. The number of fused-ring (bicyclic) bond motifs is 1. The Balaban J connectivity index is 1.51. The van der Waals surface area contributed by atoms with E-state index in [2.05, 4.69) is 24.8 Å². The topological polar surface area (TPSA) is 93.0 Å². The van der Waals surface area contributed by atoms with E-state index in [1.54, 1.807) is 6.33 Å². The van der Waals surface area contributed by atoms with E-state index < -0.39 is 0 Å². The minimum atomic E-state index is 0.145. The number of imidazole rings is 1. The first-order chi connectivity index (χ1) is 10.7. The molecule has 0 bridgehead atoms. The SMILES string of the molecule is Cc1ccccc1OC1CN(c2nc(N)nc3[nH]cnc23)C1. The van der Waals surface area contributed by atoms with Crippen molar-refractivity contribution in [3.05, 3.63) is 36.2 Å². The average Bonchev–Trinajstić information content (AvgIpc) is 2.91. The molecule has 4 rings (SSSR count). The van der Waals surface area contributed by atoms with Gasteiger partial charge in [-0.25, -0.2) is 4.98 Å². The number of para-hydroxylation sites is 1. The fraction of sp³-hybridized carbons (Fsp3) is 0.267. The van der Waals surface area contributed by atoms with Gasteiger partial charge < -0.3 is 20.4 Å². The number of aryl methyl sites for hydroxylation is 1. The van der Waals surface area contributed by atoms with E-state index in [4.69, 9.17) is 10.5 Å². The number of rotatable bonds is 3. The Morgan fingerprint density at radius 1 is 1.27 bits per heavy atom. The lowest BCUT2D eigenvalue weighted by atomic mass is 10.1. The van der Waals surface area contributed by atoms with Crippen LogP contribution in [0.15, 0.2) is 30.6 Å². The number of nitrogen functional groups attached to an aromatic ring is 1. The number of nitrogens with one attached hydrogen (secondary N) is 1. The molecule has 1 aliphatic rings. The summed E-state index contributed by atoms with van der Waals surface area (Å²) in [5.74, 6) is 1.93. The molecule has 2 aromatic heterocycles. The highest BCUT2D eigenvalue weighted by Crippen LogP contribution is 2.28. The van der Waals surface area contributed by atoms with Crippen molar-refractivity contribution in [3.63, 3.8) is 0 Å². The van der Waals surface area contributed by atoms with Gasteiger partial charge in [-0.1, -0.05) is 18.2 Å². The molecule has 1 aromatic carbocycles. The van der Waals surface area contributed by atoms with Gasteiger partial charge in [-0.05, 0) is 18.6 Å². The van der Waals surface area contributed by atoms with E-state index in [0.717, 1.165) is 35.7 Å². The summed E-state index contributed by atoms with van der Waals surface area (Å²) >= 11 is 0. The zero-order valence-corrected chi connectivity index (χ0v) is 12.2. The summed E-state index contributed by atoms with van der Waals surface area (Å²) in [4.78, 5) is 17.8. The molecule has 0 aliphatic carbocycles. The molecule has 3 heterocycles. The van der Waals surface area contributed by atoms with Crippen LogP contribution in [0.3, 0.4) is 0 Å². The molecule has 22 heavy (non-hydrogen) atoms. The summed E-state index contributed by atoms with van der Waals surface area (Å²) < 4.78 is 6.01. The first kappa shape index (κ1) is 12.9. The van der Waals surface area contributed by atoms with Gasteiger partial charge in [-0.3, -0.25) is 0 Å². The number of nitrogens with zero attached hydrogens (tertiary/aromatic N) is 4. The normalized spacial score (nSPS) is 15.0. The summed E-state index contributed by atoms with van der Waals surface area (Å²) in [5, 5.41) is 0. The number of aromatic amines is 1. The molecular formula is C15H16N6O. The van der Waals surface area contributed by atoms with Gasteiger partial charge in [-0.15, -0.1) is 0 Å². The van der Waals surface area contributed by atoms with E-state index in [-0.39, 0.29) is 12.1 Å². The first-order valence-electron chi connectivity index (χ1n) is 7.14. The molecule has 0 radical (unpaired) electrons. The average molecular weight is 296 g/mol. The summed E-state index contributed by atoms with van der Waals surface area (Å²) in [7, 11) is 0. The molecule has 1 aliphatic heterocycles. The van der Waals surface area contributed by atoms with Crippen LogP contribution in [-0.4, -0.2) is 39.1 Å². The third-order valence-electron chi connectivity index (χ3n) is 3.81. The molecule has 0 saturated carbocycles. The minimum absolute atomic E-state index is 0.145. The maximum Gasteiger partial charge on any atom is 0.224 e. The lowest BCUT2D eigenvalue weighted by Crippen LogP contribution is -2.54. The largest absolute Gasteiger partial charge is 0.486 e. The van der Waals surface area contributed by atoms with E-state index in [1.165, 1.54) is 0 Å². The Labute approximate surface area is 127 Å². The van der Waals surface area contributed by atoms with Gasteiger partial charge in [0, 0.05) is 0 Å². The molecule has 0 unspecified atom stereocenters. The van der Waals surface area contributed by atoms with Crippen molar-refractivity contribution < 1.29 is 4.74 Å². The maximum absolute atomic E-state index is 6.01. The fourth-order valence-corrected chi connectivity index (χ4v) is 2.61. The molecule has 0 spiro atoms. The zero-order chi connectivity index (χ0) is 15.1. The van der Waals surface area contributed by atoms with Gasteiger partial charge in [0.2, 0.25) is 5.95 Å². The Morgan fingerprint density at radius 2 is 2.09 bits per heavy atom. The van der Waals surface area contributed by atoms with Gasteiger partial charge in [-0.2, -0.15) is 9.97 Å². The van der Waals surface area contributed by atoms with Crippen LogP contribution in [0.1, 0.15) is 5.56 Å². The monoisotopic (exact) mass is 296 g/mol. The Kier molecular flexibility index (Phi) is 2.85. The number of ether oxygens (including phenoxy) is 1. The van der Waals surface area contributed by atoms with Crippen molar-refractivity contribution in [2.45, 2.75) is 13.0 Å². The van der Waals surface area contributed by atoms with Crippen LogP contribution in [-0.2, 0) is 0 Å². The van der Waals surface area contributed by atoms with Crippen LogP contribution in [0.5, 0.6) is 5.75 Å². The molecule has 1 saturated heterocycles. The lowest BCUT2D eigenvalue weighted by molar-refractivity contribution is 0.166. The highest BCUT2D eigenvalue weighted by atomic mass is 16.5. The van der Waals surface area contributed by atoms with Crippen LogP contribution in [0, 0.1) is 6.92 Å². The van der Waals surface area contributed by atoms with E-state index in [9.17, 15) is 0 Å². The van der Waals surface area contributed by atoms with Crippen LogP contribution < -0.4 is 15.4 Å². The van der Waals surface area contributed by atoms with Crippen molar-refractivity contribution in [2.75, 3.05) is 23.7 Å². The van der Waals surface area contributed by atoms with Crippen LogP contribution in [0.25, 0.3) is 11.2 Å². The number of anilines is 2. The van der Waals surface area contributed by atoms with Crippen LogP contribution in [0.2, 0.25) is 0 Å². The third-order valence-corrected chi connectivity index (χ3v) is 3.81. The van der Waals surface area contributed by atoms with Gasteiger partial charge in [0.25, 0.3) is 0 Å². The number of H-pyrrole nitrogens is 1. The van der Waals surface area contributed by atoms with Crippen LogP contribution in [0.4, 0.5) is 11.8 Å². The molecule has 0 atom stereocenters. The summed E-state index contributed by atoms with van der Waals surface area (Å²) in [6.07, 6.45) is 1.75. The van der Waals surface area contributed by atoms with Crippen molar-refractivity contribution in [1.82, 2.24) is 19.9 Å². The van der Waals surface area contributed by atoms with E-state index >= 15 is 0 Å². The first-order valence-corrected chi connectivity index (χ1v) is 7.14. The molecule has 0 amide bonds. The highest BCUT2D eigenvalue weighted by Gasteiger charge is 2.32. The van der Waals surface area contributed by atoms with Crippen molar-refractivity contribution in [3.8, 4) is 5.75 Å². The molecule has 3 N–H and O–H groups in total. The van der Waals surface area contributed by atoms with E-state index in [1.807, 2.05) is 31.2 Å². The predicted molar refractivity (Wildman–Crippen MR) is 83.9 cm³/mol. The van der Waals surface area contributed by atoms with Gasteiger partial charge >= 0.3 is 0 Å². The maximum atomic E-state index is 6.01. The van der Waals surface area contributed by atoms with Crippen molar-refractivity contribution >= 4 is 22.9 Å². The van der Waals surface area contributed by atoms with Crippen molar-refractivity contribution in [1.29, 1.82) is 0 Å². The highest BCUT2D eigenvalue weighted by molar-refractivity contribution is 5.84. The van der Waals surface area contributed by atoms with Crippen LogP contribution >= 0.6 is 0 Å². The molecule has 7 heteroatoms. The standard InChI is InChI=1S/C15H16N6O/c1-9-4-2-3-5-11(9)22-10-6-21(7-10)14-12-13(18-8-17-12)19-15(16)20-14/h2-5,8,10H,6-7H2,1H3,(H3,16,17,18,19,20). The molecule has 7 nitrogen and oxygen atoms in total. The summed E-state index contributed by atoms with van der Waals surface area (Å²) in [6.45, 7) is 3.56. The Bertz CT molecular complexity index is 824. The fourth-order valence-electron chi connectivity index (χ4n) is 2.61. The number of hydrogen-bond donors (Lipinski definition) is 2. The number of hydrogen-bond acceptors (Lipinski definition) is 6. The van der Waals surface area contributed by atoms with E-state index in [0.29, 0.717) is 5.65 Å². The number of benzene rings is 1. The quantitative estimate of drug-likeness (QED) is 0.761. The second kappa shape index (κ2) is 4.87.